The van der Waals surface area contributed by atoms with E-state index in [4.69, 9.17) is 23.2 Å². The molecule has 1 aliphatic rings. The van der Waals surface area contributed by atoms with E-state index in [2.05, 4.69) is 16.3 Å². The molecule has 1 fully saturated rings. The summed E-state index contributed by atoms with van der Waals surface area (Å²) in [4.78, 5) is 14.3. The van der Waals surface area contributed by atoms with E-state index < -0.39 is 9.75 Å². The first-order valence-corrected chi connectivity index (χ1v) is 7.39. The molecule has 1 unspecified atom stereocenters. The van der Waals surface area contributed by atoms with E-state index in [9.17, 15) is 4.79 Å². The molecule has 20 heavy (non-hydrogen) atoms. The number of benzene rings is 1. The number of carbonyl (C=O) groups excluding carboxylic acids is 1. The highest BCUT2D eigenvalue weighted by atomic mass is 35.5. The molecule has 2 rings (SSSR count). The van der Waals surface area contributed by atoms with Gasteiger partial charge in [0.25, 0.3) is 0 Å². The van der Waals surface area contributed by atoms with E-state index in [1.54, 1.807) is 6.92 Å². The van der Waals surface area contributed by atoms with Crippen LogP contribution >= 0.6 is 23.2 Å². The fourth-order valence-corrected chi connectivity index (χ4v) is 2.95. The third-order valence-electron chi connectivity index (χ3n) is 3.80. The van der Waals surface area contributed by atoms with Crippen LogP contribution in [0, 0.1) is 5.41 Å². The maximum Gasteiger partial charge on any atom is 0.229 e. The smallest absolute Gasteiger partial charge is 0.229 e. The molecule has 0 bridgehead atoms. The Bertz CT molecular complexity index is 516. The van der Waals surface area contributed by atoms with Crippen molar-refractivity contribution >= 4 is 29.1 Å². The van der Waals surface area contributed by atoms with Gasteiger partial charge in [0.2, 0.25) is 5.91 Å². The van der Waals surface area contributed by atoms with Gasteiger partial charge in [-0.15, -0.1) is 23.2 Å². The summed E-state index contributed by atoms with van der Waals surface area (Å²) >= 11 is 12.0. The van der Waals surface area contributed by atoms with Crippen LogP contribution in [0.25, 0.3) is 0 Å². The lowest BCUT2D eigenvalue weighted by Gasteiger charge is -2.16. The Hall–Kier alpha value is -0.770. The molecule has 3 nitrogen and oxygen atoms in total. The molecule has 0 saturated heterocycles. The molecule has 0 heterocycles. The van der Waals surface area contributed by atoms with Gasteiger partial charge in [0, 0.05) is 13.1 Å². The van der Waals surface area contributed by atoms with Crippen molar-refractivity contribution in [2.24, 2.45) is 5.41 Å². The first kappa shape index (κ1) is 15.6. The highest BCUT2D eigenvalue weighted by molar-refractivity contribution is 6.53. The van der Waals surface area contributed by atoms with Crippen LogP contribution in [0.15, 0.2) is 24.3 Å². The lowest BCUT2D eigenvalue weighted by atomic mass is 10.1. The summed E-state index contributed by atoms with van der Waals surface area (Å²) in [5.74, 6) is -0.0813. The Labute approximate surface area is 130 Å². The van der Waals surface area contributed by atoms with Gasteiger partial charge in [0.05, 0.1) is 5.41 Å². The van der Waals surface area contributed by atoms with Gasteiger partial charge in [-0.1, -0.05) is 24.3 Å². The van der Waals surface area contributed by atoms with Crippen molar-refractivity contribution in [1.29, 1.82) is 0 Å². The minimum Gasteiger partial charge on any atom is -0.351 e. The van der Waals surface area contributed by atoms with Gasteiger partial charge in [-0.2, -0.15) is 0 Å². The quantitative estimate of drug-likeness (QED) is 0.847. The van der Waals surface area contributed by atoms with Crippen molar-refractivity contribution in [3.05, 3.63) is 35.4 Å². The van der Waals surface area contributed by atoms with E-state index in [0.717, 1.165) is 12.1 Å². The Kier molecular flexibility index (Phi) is 4.33. The van der Waals surface area contributed by atoms with Gasteiger partial charge < -0.3 is 10.2 Å². The fraction of sp³-hybridized carbons (Fsp3) is 0.533. The number of nitrogens with zero attached hydrogens (tertiary/aromatic N) is 1. The second-order valence-electron chi connectivity index (χ2n) is 5.90. The topological polar surface area (TPSA) is 32.3 Å². The first-order chi connectivity index (χ1) is 9.26. The van der Waals surface area contributed by atoms with Gasteiger partial charge in [-0.05, 0) is 38.6 Å². The second kappa shape index (κ2) is 5.55. The van der Waals surface area contributed by atoms with Crippen LogP contribution in [0.5, 0.6) is 0 Å². The monoisotopic (exact) mass is 314 g/mol. The zero-order valence-electron chi connectivity index (χ0n) is 12.0. The van der Waals surface area contributed by atoms with Crippen LogP contribution in [-0.4, -0.2) is 29.2 Å². The molecule has 1 aromatic carbocycles. The Morgan fingerprint density at radius 3 is 2.35 bits per heavy atom. The zero-order valence-corrected chi connectivity index (χ0v) is 13.6. The molecular formula is C15H20Cl2N2O. The van der Waals surface area contributed by atoms with Gasteiger partial charge in [-0.25, -0.2) is 0 Å². The van der Waals surface area contributed by atoms with Crippen molar-refractivity contribution in [3.63, 3.8) is 0 Å². The van der Waals surface area contributed by atoms with Crippen molar-refractivity contribution in [2.45, 2.75) is 30.8 Å². The normalized spacial score (nSPS) is 23.7. The largest absolute Gasteiger partial charge is 0.351 e. The second-order valence-corrected chi connectivity index (χ2v) is 7.39. The molecule has 1 aromatic rings. The number of alkyl halides is 2. The number of hydrogen-bond donors (Lipinski definition) is 1. The van der Waals surface area contributed by atoms with Crippen LogP contribution in [0.2, 0.25) is 0 Å². The number of halogens is 2. The predicted molar refractivity (Wildman–Crippen MR) is 82.8 cm³/mol. The van der Waals surface area contributed by atoms with E-state index in [-0.39, 0.29) is 5.91 Å². The van der Waals surface area contributed by atoms with E-state index in [1.807, 2.05) is 32.3 Å². The summed E-state index contributed by atoms with van der Waals surface area (Å²) in [6, 6.07) is 8.10. The number of nitrogens with one attached hydrogen (secondary N) is 1. The Balaban J connectivity index is 2.00. The SMILES string of the molecule is CN(C)Cc1ccccc1CNC(=O)C1(C)CC1(Cl)Cl. The Morgan fingerprint density at radius 2 is 1.85 bits per heavy atom. The maximum atomic E-state index is 12.2. The number of hydrogen-bond acceptors (Lipinski definition) is 2. The molecule has 1 atom stereocenters. The van der Waals surface area contributed by atoms with E-state index in [1.165, 1.54) is 5.56 Å². The van der Waals surface area contributed by atoms with E-state index >= 15 is 0 Å². The summed E-state index contributed by atoms with van der Waals surface area (Å²) in [6.45, 7) is 3.15. The molecule has 1 N–H and O–H groups in total. The van der Waals surface area contributed by atoms with Crippen molar-refractivity contribution in [2.75, 3.05) is 14.1 Å². The zero-order chi connectivity index (χ0) is 15.0. The van der Waals surface area contributed by atoms with Crippen LogP contribution in [0.1, 0.15) is 24.5 Å². The first-order valence-electron chi connectivity index (χ1n) is 6.64. The van der Waals surface area contributed by atoms with Gasteiger partial charge >= 0.3 is 0 Å². The van der Waals surface area contributed by atoms with Gasteiger partial charge in [0.15, 0.2) is 0 Å². The lowest BCUT2D eigenvalue weighted by molar-refractivity contribution is -0.125. The molecular weight excluding hydrogens is 295 g/mol. The molecule has 1 aliphatic carbocycles. The molecule has 110 valence electrons. The van der Waals surface area contributed by atoms with Gasteiger partial charge in [0.1, 0.15) is 4.33 Å². The fourth-order valence-electron chi connectivity index (χ4n) is 2.24. The standard InChI is InChI=1S/C15H20Cl2N2O/c1-14(10-15(14,16)17)13(20)18-8-11-6-4-5-7-12(11)9-19(2)3/h4-7H,8-10H2,1-3H3,(H,18,20). The summed E-state index contributed by atoms with van der Waals surface area (Å²) in [5.41, 5.74) is 1.67. The number of rotatable bonds is 5. The van der Waals surface area contributed by atoms with E-state index in [0.29, 0.717) is 13.0 Å². The van der Waals surface area contributed by atoms with Gasteiger partial charge in [-0.3, -0.25) is 4.79 Å². The molecule has 0 aromatic heterocycles. The number of amides is 1. The summed E-state index contributed by atoms with van der Waals surface area (Å²) in [7, 11) is 4.05. The number of carbonyl (C=O) groups is 1. The minimum absolute atomic E-state index is 0.0813. The summed E-state index contributed by atoms with van der Waals surface area (Å²) in [6.07, 6.45) is 0.508. The molecule has 0 spiro atoms. The average Bonchev–Trinajstić information content (AvgIpc) is 2.88. The summed E-state index contributed by atoms with van der Waals surface area (Å²) < 4.78 is -0.916. The third kappa shape index (κ3) is 3.11. The van der Waals surface area contributed by atoms with Crippen molar-refractivity contribution < 1.29 is 4.79 Å². The van der Waals surface area contributed by atoms with Crippen molar-refractivity contribution in [1.82, 2.24) is 10.2 Å². The molecule has 5 heteroatoms. The molecule has 1 amide bonds. The molecule has 1 saturated carbocycles. The molecule has 0 radical (unpaired) electrons. The Morgan fingerprint density at radius 1 is 1.30 bits per heavy atom. The summed E-state index contributed by atoms with van der Waals surface area (Å²) in [5, 5.41) is 2.94. The molecule has 0 aliphatic heterocycles. The average molecular weight is 315 g/mol. The van der Waals surface area contributed by atoms with Crippen LogP contribution in [-0.2, 0) is 17.9 Å². The minimum atomic E-state index is -0.916. The van der Waals surface area contributed by atoms with Crippen molar-refractivity contribution in [3.8, 4) is 0 Å². The van der Waals surface area contributed by atoms with Crippen LogP contribution < -0.4 is 5.32 Å². The highest BCUT2D eigenvalue weighted by Gasteiger charge is 2.67. The third-order valence-corrected chi connectivity index (χ3v) is 4.90. The van der Waals surface area contributed by atoms with Crippen LogP contribution in [0.4, 0.5) is 0 Å². The lowest BCUT2D eigenvalue weighted by Crippen LogP contribution is -2.33. The van der Waals surface area contributed by atoms with Crippen LogP contribution in [0.3, 0.4) is 0 Å². The highest BCUT2D eigenvalue weighted by Crippen LogP contribution is 2.63. The maximum absolute atomic E-state index is 12.2. The predicted octanol–water partition coefficient (Wildman–Crippen LogP) is 2.95.